The molecule has 0 saturated heterocycles. The van der Waals surface area contributed by atoms with Crippen molar-refractivity contribution < 1.29 is 13.2 Å². The van der Waals surface area contributed by atoms with Gasteiger partial charge in [-0.15, -0.1) is 0 Å². The minimum Gasteiger partial charge on any atom is -0.352 e. The molecule has 5 nitrogen and oxygen atoms in total. The molecule has 1 amide bonds. The Morgan fingerprint density at radius 2 is 2.00 bits per heavy atom. The highest BCUT2D eigenvalue weighted by molar-refractivity contribution is 7.89. The van der Waals surface area contributed by atoms with E-state index in [1.54, 1.807) is 6.92 Å². The fourth-order valence-corrected chi connectivity index (χ4v) is 3.45. The summed E-state index contributed by atoms with van der Waals surface area (Å²) < 4.78 is 22.9. The lowest BCUT2D eigenvalue weighted by Gasteiger charge is -2.13. The van der Waals surface area contributed by atoms with Gasteiger partial charge in [-0.3, -0.25) is 4.79 Å². The monoisotopic (exact) mass is 330 g/mol. The van der Waals surface area contributed by atoms with Crippen molar-refractivity contribution in [3.05, 3.63) is 28.3 Å². The summed E-state index contributed by atoms with van der Waals surface area (Å²) in [7, 11) is -3.89. The predicted molar refractivity (Wildman–Crippen MR) is 81.9 cm³/mol. The number of benzene rings is 1. The van der Waals surface area contributed by atoms with Gasteiger partial charge in [0.1, 0.15) is 0 Å². The first kappa shape index (κ1) is 16.3. The SMILES string of the molecule is Cc1c(Cl)cc(S(N)(=O)=O)cc1C(=O)NCC1CCCC1. The molecule has 2 rings (SSSR count). The van der Waals surface area contributed by atoms with Gasteiger partial charge in [0.05, 0.1) is 4.90 Å². The number of rotatable bonds is 4. The summed E-state index contributed by atoms with van der Waals surface area (Å²) >= 11 is 6.00. The molecule has 0 radical (unpaired) electrons. The summed E-state index contributed by atoms with van der Waals surface area (Å²) in [6, 6.07) is 2.54. The Kier molecular flexibility index (Phi) is 4.91. The maximum Gasteiger partial charge on any atom is 0.251 e. The van der Waals surface area contributed by atoms with Crippen LogP contribution in [0.1, 0.15) is 41.6 Å². The fraction of sp³-hybridized carbons (Fsp3) is 0.500. The molecule has 1 aromatic rings. The summed E-state index contributed by atoms with van der Waals surface area (Å²) in [5, 5.41) is 8.17. The summed E-state index contributed by atoms with van der Waals surface area (Å²) in [6.07, 6.45) is 4.65. The maximum absolute atomic E-state index is 12.2. The number of primary sulfonamides is 1. The lowest BCUT2D eigenvalue weighted by atomic mass is 10.1. The molecule has 1 aliphatic carbocycles. The van der Waals surface area contributed by atoms with Gasteiger partial charge in [0, 0.05) is 17.1 Å². The van der Waals surface area contributed by atoms with Gasteiger partial charge < -0.3 is 5.32 Å². The van der Waals surface area contributed by atoms with Gasteiger partial charge in [0.15, 0.2) is 0 Å². The molecule has 1 fully saturated rings. The van der Waals surface area contributed by atoms with E-state index in [4.69, 9.17) is 16.7 Å². The standard InChI is InChI=1S/C14H19ClN2O3S/c1-9-12(6-11(7-13(9)15)21(16,19)20)14(18)17-8-10-4-2-3-5-10/h6-7,10H,2-5,8H2,1H3,(H,17,18)(H2,16,19,20). The molecule has 0 atom stereocenters. The topological polar surface area (TPSA) is 89.3 Å². The highest BCUT2D eigenvalue weighted by atomic mass is 35.5. The average Bonchev–Trinajstić information content (AvgIpc) is 2.91. The van der Waals surface area contributed by atoms with Crippen LogP contribution in [0.15, 0.2) is 17.0 Å². The van der Waals surface area contributed by atoms with Crippen LogP contribution in [0.2, 0.25) is 5.02 Å². The maximum atomic E-state index is 12.2. The normalized spacial score (nSPS) is 16.1. The molecule has 0 spiro atoms. The van der Waals surface area contributed by atoms with Crippen molar-refractivity contribution >= 4 is 27.5 Å². The van der Waals surface area contributed by atoms with Gasteiger partial charge in [0.2, 0.25) is 10.0 Å². The largest absolute Gasteiger partial charge is 0.352 e. The van der Waals surface area contributed by atoms with E-state index >= 15 is 0 Å². The van der Waals surface area contributed by atoms with Gasteiger partial charge in [-0.25, -0.2) is 13.6 Å². The Labute approximate surface area is 129 Å². The summed E-state index contributed by atoms with van der Waals surface area (Å²) in [6.45, 7) is 2.29. The van der Waals surface area contributed by atoms with Crippen LogP contribution in [0, 0.1) is 12.8 Å². The fourth-order valence-electron chi connectivity index (χ4n) is 2.60. The molecular weight excluding hydrogens is 312 g/mol. The summed E-state index contributed by atoms with van der Waals surface area (Å²) in [5.74, 6) is 0.193. The third-order valence-electron chi connectivity index (χ3n) is 3.92. The zero-order valence-electron chi connectivity index (χ0n) is 11.9. The van der Waals surface area contributed by atoms with E-state index in [0.717, 1.165) is 12.8 Å². The minimum atomic E-state index is -3.89. The Hall–Kier alpha value is -1.11. The first-order valence-electron chi connectivity index (χ1n) is 6.90. The van der Waals surface area contributed by atoms with E-state index in [9.17, 15) is 13.2 Å². The van der Waals surface area contributed by atoms with E-state index in [2.05, 4.69) is 5.32 Å². The second-order valence-corrected chi connectivity index (χ2v) is 7.45. The highest BCUT2D eigenvalue weighted by Crippen LogP contribution is 2.25. The smallest absolute Gasteiger partial charge is 0.251 e. The first-order chi connectivity index (χ1) is 9.79. The lowest BCUT2D eigenvalue weighted by Crippen LogP contribution is -2.29. The molecule has 0 aromatic heterocycles. The molecule has 1 aliphatic rings. The van der Waals surface area contributed by atoms with Gasteiger partial charge in [-0.05, 0) is 43.4 Å². The zero-order valence-corrected chi connectivity index (χ0v) is 13.4. The van der Waals surface area contributed by atoms with Gasteiger partial charge in [-0.2, -0.15) is 0 Å². The van der Waals surface area contributed by atoms with Crippen molar-refractivity contribution in [1.29, 1.82) is 0 Å². The second kappa shape index (κ2) is 6.34. The minimum absolute atomic E-state index is 0.149. The average molecular weight is 331 g/mol. The lowest BCUT2D eigenvalue weighted by molar-refractivity contribution is 0.0946. The van der Waals surface area contributed by atoms with Crippen LogP contribution in [0.5, 0.6) is 0 Å². The van der Waals surface area contributed by atoms with E-state index in [0.29, 0.717) is 18.0 Å². The molecule has 3 N–H and O–H groups in total. The third kappa shape index (κ3) is 3.96. The number of halogens is 1. The zero-order chi connectivity index (χ0) is 15.6. The van der Waals surface area contributed by atoms with Gasteiger partial charge in [-0.1, -0.05) is 24.4 Å². The number of carbonyl (C=O) groups is 1. The number of nitrogens with two attached hydrogens (primary N) is 1. The van der Waals surface area contributed by atoms with E-state index < -0.39 is 10.0 Å². The molecule has 0 heterocycles. The Morgan fingerprint density at radius 3 is 2.57 bits per heavy atom. The number of hydrogen-bond donors (Lipinski definition) is 2. The molecule has 116 valence electrons. The number of nitrogens with one attached hydrogen (secondary N) is 1. The molecule has 0 unspecified atom stereocenters. The molecule has 1 saturated carbocycles. The molecule has 0 aliphatic heterocycles. The molecular formula is C14H19ClN2O3S. The Bertz CT molecular complexity index is 652. The van der Waals surface area contributed by atoms with Crippen LogP contribution in [0.25, 0.3) is 0 Å². The number of carbonyl (C=O) groups excluding carboxylic acids is 1. The van der Waals surface area contributed by atoms with Gasteiger partial charge >= 0.3 is 0 Å². The second-order valence-electron chi connectivity index (χ2n) is 5.48. The Balaban J connectivity index is 2.21. The Morgan fingerprint density at radius 1 is 1.38 bits per heavy atom. The van der Waals surface area contributed by atoms with Crippen LogP contribution < -0.4 is 10.5 Å². The van der Waals surface area contributed by atoms with Crippen molar-refractivity contribution in [2.24, 2.45) is 11.1 Å². The molecule has 21 heavy (non-hydrogen) atoms. The van der Waals surface area contributed by atoms with Crippen molar-refractivity contribution in [2.75, 3.05) is 6.54 Å². The number of amides is 1. The van der Waals surface area contributed by atoms with Gasteiger partial charge in [0.25, 0.3) is 5.91 Å². The summed E-state index contributed by atoms with van der Waals surface area (Å²) in [5.41, 5.74) is 0.803. The van der Waals surface area contributed by atoms with Crippen molar-refractivity contribution in [3.8, 4) is 0 Å². The van der Waals surface area contributed by atoms with Crippen LogP contribution in [-0.4, -0.2) is 20.9 Å². The van der Waals surface area contributed by atoms with E-state index in [-0.39, 0.29) is 21.4 Å². The number of sulfonamides is 1. The predicted octanol–water partition coefficient (Wildman–Crippen LogP) is 2.22. The quantitative estimate of drug-likeness (QED) is 0.887. The van der Waals surface area contributed by atoms with Crippen LogP contribution in [-0.2, 0) is 10.0 Å². The molecule has 0 bridgehead atoms. The van der Waals surface area contributed by atoms with Crippen molar-refractivity contribution in [2.45, 2.75) is 37.5 Å². The van der Waals surface area contributed by atoms with E-state index in [1.165, 1.54) is 25.0 Å². The highest BCUT2D eigenvalue weighted by Gasteiger charge is 2.20. The molecule has 1 aromatic carbocycles. The number of hydrogen-bond acceptors (Lipinski definition) is 3. The first-order valence-corrected chi connectivity index (χ1v) is 8.82. The molecule has 7 heteroatoms. The van der Waals surface area contributed by atoms with Crippen LogP contribution >= 0.6 is 11.6 Å². The van der Waals surface area contributed by atoms with Crippen molar-refractivity contribution in [3.63, 3.8) is 0 Å². The van der Waals surface area contributed by atoms with Crippen molar-refractivity contribution in [1.82, 2.24) is 5.32 Å². The summed E-state index contributed by atoms with van der Waals surface area (Å²) in [4.78, 5) is 12.1. The van der Waals surface area contributed by atoms with E-state index in [1.807, 2.05) is 0 Å². The third-order valence-corrected chi connectivity index (χ3v) is 5.20. The van der Waals surface area contributed by atoms with Crippen LogP contribution in [0.3, 0.4) is 0 Å². The van der Waals surface area contributed by atoms with Crippen LogP contribution in [0.4, 0.5) is 0 Å².